The summed E-state index contributed by atoms with van der Waals surface area (Å²) >= 11 is 0. The van der Waals surface area contributed by atoms with Crippen LogP contribution < -0.4 is 0 Å². The first kappa shape index (κ1) is 13.2. The van der Waals surface area contributed by atoms with Crippen molar-refractivity contribution in [3.63, 3.8) is 0 Å². The van der Waals surface area contributed by atoms with Gasteiger partial charge in [-0.05, 0) is 5.41 Å². The van der Waals surface area contributed by atoms with Gasteiger partial charge >= 0.3 is 0 Å². The lowest BCUT2D eigenvalue weighted by atomic mass is 9.89. The van der Waals surface area contributed by atoms with E-state index in [1.807, 2.05) is 20.8 Å². The lowest BCUT2D eigenvalue weighted by Gasteiger charge is -2.25. The van der Waals surface area contributed by atoms with Crippen LogP contribution in [0, 0.1) is 5.41 Å². The third-order valence-electron chi connectivity index (χ3n) is 2.40. The third-order valence-corrected chi connectivity index (χ3v) is 3.46. The summed E-state index contributed by atoms with van der Waals surface area (Å²) in [5.74, 6) is 0. The molecule has 0 fully saturated rings. The molecular weight excluding hydrogens is 228 g/mol. The van der Waals surface area contributed by atoms with Crippen molar-refractivity contribution in [3.8, 4) is 0 Å². The van der Waals surface area contributed by atoms with Crippen molar-refractivity contribution in [3.05, 3.63) is 12.4 Å². The van der Waals surface area contributed by atoms with Gasteiger partial charge in [-0.1, -0.05) is 20.8 Å². The Morgan fingerprint density at radius 1 is 1.50 bits per heavy atom. The Kier molecular flexibility index (Phi) is 3.44. The van der Waals surface area contributed by atoms with Gasteiger partial charge in [-0.15, -0.1) is 0 Å². The third kappa shape index (κ3) is 3.31. The number of rotatable bonds is 3. The van der Waals surface area contributed by atoms with Gasteiger partial charge in [-0.2, -0.15) is 5.10 Å². The Morgan fingerprint density at radius 2 is 2.06 bits per heavy atom. The van der Waals surface area contributed by atoms with Crippen molar-refractivity contribution in [2.75, 3.05) is 6.26 Å². The highest BCUT2D eigenvalue weighted by Gasteiger charge is 2.23. The van der Waals surface area contributed by atoms with Crippen LogP contribution in [0.25, 0.3) is 0 Å². The Bertz CT molecular complexity index is 457. The first-order valence-corrected chi connectivity index (χ1v) is 6.90. The number of aliphatic hydroxyl groups excluding tert-OH is 1. The molecule has 0 saturated heterocycles. The van der Waals surface area contributed by atoms with E-state index >= 15 is 0 Å². The molecule has 0 aliphatic rings. The van der Waals surface area contributed by atoms with Gasteiger partial charge in [0.2, 0.25) is 0 Å². The minimum atomic E-state index is -3.22. The Labute approximate surface area is 96.0 Å². The molecule has 92 valence electrons. The molecule has 1 aromatic heterocycles. The van der Waals surface area contributed by atoms with E-state index in [0.29, 0.717) is 6.54 Å². The van der Waals surface area contributed by atoms with Crippen LogP contribution in [0.4, 0.5) is 0 Å². The quantitative estimate of drug-likeness (QED) is 0.852. The van der Waals surface area contributed by atoms with Crippen molar-refractivity contribution >= 4 is 9.84 Å². The highest BCUT2D eigenvalue weighted by Crippen LogP contribution is 2.20. The van der Waals surface area contributed by atoms with Gasteiger partial charge in [0.1, 0.15) is 4.90 Å². The summed E-state index contributed by atoms with van der Waals surface area (Å²) in [4.78, 5) is 0.175. The van der Waals surface area contributed by atoms with Crippen LogP contribution in [0.2, 0.25) is 0 Å². The lowest BCUT2D eigenvalue weighted by Crippen LogP contribution is -2.30. The lowest BCUT2D eigenvalue weighted by molar-refractivity contribution is 0.0450. The van der Waals surface area contributed by atoms with E-state index in [4.69, 9.17) is 0 Å². The molecule has 0 aromatic carbocycles. The van der Waals surface area contributed by atoms with E-state index in [9.17, 15) is 13.5 Å². The van der Waals surface area contributed by atoms with E-state index in [1.165, 1.54) is 17.1 Å². The number of hydrogen-bond donors (Lipinski definition) is 1. The summed E-state index contributed by atoms with van der Waals surface area (Å²) in [6.45, 7) is 6.04. The second-order valence-electron chi connectivity index (χ2n) is 5.05. The molecule has 1 rings (SSSR count). The summed E-state index contributed by atoms with van der Waals surface area (Å²) in [6, 6.07) is 0. The molecule has 0 spiro atoms. The summed E-state index contributed by atoms with van der Waals surface area (Å²) in [5.41, 5.74) is -0.253. The first-order valence-electron chi connectivity index (χ1n) is 5.01. The zero-order chi connectivity index (χ0) is 12.6. The molecular formula is C10H18N2O3S. The van der Waals surface area contributed by atoms with Gasteiger partial charge in [0.15, 0.2) is 9.84 Å². The van der Waals surface area contributed by atoms with E-state index < -0.39 is 15.9 Å². The van der Waals surface area contributed by atoms with Crippen molar-refractivity contribution in [2.45, 2.75) is 38.3 Å². The molecule has 0 saturated carbocycles. The number of sulfone groups is 1. The molecule has 0 bridgehead atoms. The fourth-order valence-electron chi connectivity index (χ4n) is 1.09. The summed E-state index contributed by atoms with van der Waals surface area (Å²) in [6.07, 6.45) is 3.30. The van der Waals surface area contributed by atoms with Gasteiger partial charge in [0.25, 0.3) is 0 Å². The Hall–Kier alpha value is -0.880. The fraction of sp³-hybridized carbons (Fsp3) is 0.700. The molecule has 0 amide bonds. The molecule has 1 unspecified atom stereocenters. The molecule has 0 aliphatic heterocycles. The monoisotopic (exact) mass is 246 g/mol. The topological polar surface area (TPSA) is 72.2 Å². The van der Waals surface area contributed by atoms with Crippen LogP contribution in [0.5, 0.6) is 0 Å². The smallest absolute Gasteiger partial charge is 0.178 e. The maximum atomic E-state index is 11.2. The van der Waals surface area contributed by atoms with Crippen LogP contribution in [0.3, 0.4) is 0 Å². The summed E-state index contributed by atoms with van der Waals surface area (Å²) in [5, 5.41) is 13.8. The normalized spacial score (nSPS) is 15.1. The minimum absolute atomic E-state index is 0.175. The molecule has 1 N–H and O–H groups in total. The predicted octanol–water partition coefficient (Wildman–Crippen LogP) is 0.694. The molecule has 0 aliphatic carbocycles. The summed E-state index contributed by atoms with van der Waals surface area (Å²) < 4.78 is 23.9. The Morgan fingerprint density at radius 3 is 2.44 bits per heavy atom. The SMILES string of the molecule is CC(C)(C)C(O)Cn1cc(S(C)(=O)=O)cn1. The number of hydrogen-bond acceptors (Lipinski definition) is 4. The van der Waals surface area contributed by atoms with Crippen molar-refractivity contribution in [1.29, 1.82) is 0 Å². The maximum Gasteiger partial charge on any atom is 0.178 e. The average molecular weight is 246 g/mol. The number of aliphatic hydroxyl groups is 1. The van der Waals surface area contributed by atoms with Crippen LogP contribution in [-0.4, -0.2) is 35.7 Å². The van der Waals surface area contributed by atoms with Gasteiger partial charge in [0, 0.05) is 12.5 Å². The van der Waals surface area contributed by atoms with Gasteiger partial charge in [0.05, 0.1) is 18.8 Å². The molecule has 1 aromatic rings. The van der Waals surface area contributed by atoms with E-state index in [0.717, 1.165) is 6.26 Å². The minimum Gasteiger partial charge on any atom is -0.391 e. The van der Waals surface area contributed by atoms with Gasteiger partial charge in [-0.3, -0.25) is 4.68 Å². The number of aromatic nitrogens is 2. The first-order chi connectivity index (χ1) is 7.10. The van der Waals surface area contributed by atoms with Crippen LogP contribution in [0.1, 0.15) is 20.8 Å². The van der Waals surface area contributed by atoms with Crippen molar-refractivity contribution in [2.24, 2.45) is 5.41 Å². The van der Waals surface area contributed by atoms with Crippen LogP contribution in [-0.2, 0) is 16.4 Å². The second kappa shape index (κ2) is 4.18. The highest BCUT2D eigenvalue weighted by atomic mass is 32.2. The fourth-order valence-corrected chi connectivity index (χ4v) is 1.64. The van der Waals surface area contributed by atoms with E-state index in [1.54, 1.807) is 0 Å². The number of nitrogens with zero attached hydrogens (tertiary/aromatic N) is 2. The van der Waals surface area contributed by atoms with Crippen LogP contribution >= 0.6 is 0 Å². The molecule has 1 heterocycles. The second-order valence-corrected chi connectivity index (χ2v) is 7.07. The largest absolute Gasteiger partial charge is 0.391 e. The molecule has 0 radical (unpaired) electrons. The molecule has 5 nitrogen and oxygen atoms in total. The van der Waals surface area contributed by atoms with E-state index in [-0.39, 0.29) is 10.3 Å². The maximum absolute atomic E-state index is 11.2. The Balaban J connectivity index is 2.82. The zero-order valence-corrected chi connectivity index (χ0v) is 10.8. The van der Waals surface area contributed by atoms with E-state index in [2.05, 4.69) is 5.10 Å². The van der Waals surface area contributed by atoms with Crippen molar-refractivity contribution in [1.82, 2.24) is 9.78 Å². The van der Waals surface area contributed by atoms with Gasteiger partial charge < -0.3 is 5.11 Å². The average Bonchev–Trinajstić information content (AvgIpc) is 2.49. The molecule has 6 heteroatoms. The standard InChI is InChI=1S/C10H18N2O3S/c1-10(2,3)9(13)7-12-6-8(5-11-12)16(4,14)15/h5-6,9,13H,7H2,1-4H3. The summed E-state index contributed by atoms with van der Waals surface area (Å²) in [7, 11) is -3.22. The zero-order valence-electron chi connectivity index (χ0n) is 10.0. The molecule has 1 atom stereocenters. The predicted molar refractivity (Wildman–Crippen MR) is 60.8 cm³/mol. The van der Waals surface area contributed by atoms with Crippen LogP contribution in [0.15, 0.2) is 17.3 Å². The van der Waals surface area contributed by atoms with Crippen molar-refractivity contribution < 1.29 is 13.5 Å². The molecule has 16 heavy (non-hydrogen) atoms. The van der Waals surface area contributed by atoms with Gasteiger partial charge in [-0.25, -0.2) is 8.42 Å². The highest BCUT2D eigenvalue weighted by molar-refractivity contribution is 7.90.